The van der Waals surface area contributed by atoms with Crippen LogP contribution < -0.4 is 4.90 Å². The second-order valence-electron chi connectivity index (χ2n) is 10.5. The highest BCUT2D eigenvalue weighted by atomic mass is 79.9. The van der Waals surface area contributed by atoms with E-state index in [1.807, 2.05) is 42.5 Å². The fraction of sp³-hybridized carbons (Fsp3) is 0.433. The zero-order chi connectivity index (χ0) is 27.9. The fourth-order valence-corrected chi connectivity index (χ4v) is 10.3. The van der Waals surface area contributed by atoms with Crippen molar-refractivity contribution in [3.63, 3.8) is 0 Å². The Bertz CT molecular complexity index is 1320. The van der Waals surface area contributed by atoms with E-state index in [2.05, 4.69) is 29.1 Å². The molecule has 3 aliphatic heterocycles. The molecule has 0 aromatic heterocycles. The molecule has 3 heterocycles. The third-order valence-corrected chi connectivity index (χ3v) is 11.5. The van der Waals surface area contributed by atoms with Gasteiger partial charge >= 0.3 is 0 Å². The predicted octanol–water partition coefficient (Wildman–Crippen LogP) is 3.85. The number of likely N-dealkylation sites (tertiary alicyclic amines) is 1. The number of carbonyl (C=O) groups excluding carboxylic acids is 3. The molecule has 0 saturated carbocycles. The molecule has 3 fully saturated rings. The average molecular weight is 613 g/mol. The number of benzene rings is 2. The van der Waals surface area contributed by atoms with E-state index < -0.39 is 22.6 Å². The molecule has 3 aliphatic rings. The number of hydrogen-bond acceptors (Lipinski definition) is 5. The van der Waals surface area contributed by atoms with Crippen LogP contribution in [0.15, 0.2) is 67.8 Å². The van der Waals surface area contributed by atoms with E-state index in [0.717, 1.165) is 16.5 Å². The van der Waals surface area contributed by atoms with Crippen LogP contribution in [0.1, 0.15) is 12.8 Å². The van der Waals surface area contributed by atoms with Gasteiger partial charge in [-0.1, -0.05) is 58.4 Å². The molecule has 1 N–H and O–H groups in total. The van der Waals surface area contributed by atoms with Crippen LogP contribution in [0.3, 0.4) is 0 Å². The van der Waals surface area contributed by atoms with Crippen LogP contribution >= 0.6 is 27.7 Å². The first kappa shape index (κ1) is 27.9. The van der Waals surface area contributed by atoms with E-state index in [4.69, 9.17) is 0 Å². The Kier molecular flexibility index (Phi) is 7.95. The molecule has 39 heavy (non-hydrogen) atoms. The van der Waals surface area contributed by atoms with E-state index in [-0.39, 0.29) is 47.5 Å². The summed E-state index contributed by atoms with van der Waals surface area (Å²) in [6.45, 7) is 8.49. The lowest BCUT2D eigenvalue weighted by atomic mass is 9.70. The molecule has 0 aliphatic carbocycles. The van der Waals surface area contributed by atoms with Crippen molar-refractivity contribution in [3.8, 4) is 0 Å². The summed E-state index contributed by atoms with van der Waals surface area (Å²) in [7, 11) is 1.73. The smallest absolute Gasteiger partial charge is 0.251 e. The van der Waals surface area contributed by atoms with Crippen LogP contribution in [0, 0.1) is 11.8 Å². The standard InChI is InChI=1S/C30H34BrN3O4S/c1-4-13-32(3)27(36)23-24-28(37)34(15-8-16-35)26(30(24)18-22(31)25(23)39-30)29(38)33(14-5-2)21-12-11-19-9-6-7-10-20(19)17-21/h4-7,9-12,17,22-26,35H,1-2,8,13-16,18H2,3H3/t22?,23-,24-,25-,26?,30?/m0/s1. The molecule has 9 heteroatoms. The molecule has 3 unspecified atom stereocenters. The molecule has 206 valence electrons. The lowest BCUT2D eigenvalue weighted by Gasteiger charge is -2.38. The highest BCUT2D eigenvalue weighted by Crippen LogP contribution is 2.68. The van der Waals surface area contributed by atoms with E-state index in [0.29, 0.717) is 19.4 Å². The number of anilines is 1. The number of thioether (sulfide) groups is 1. The molecule has 6 atom stereocenters. The number of likely N-dealkylation sites (N-methyl/N-ethyl adjacent to an activating group) is 1. The van der Waals surface area contributed by atoms with Crippen molar-refractivity contribution < 1.29 is 19.5 Å². The van der Waals surface area contributed by atoms with Crippen molar-refractivity contribution in [2.45, 2.75) is 33.7 Å². The van der Waals surface area contributed by atoms with Gasteiger partial charge in [0, 0.05) is 49.1 Å². The summed E-state index contributed by atoms with van der Waals surface area (Å²) in [6, 6.07) is 13.1. The summed E-state index contributed by atoms with van der Waals surface area (Å²) < 4.78 is -0.742. The van der Waals surface area contributed by atoms with Gasteiger partial charge in [-0.15, -0.1) is 24.9 Å². The van der Waals surface area contributed by atoms with E-state index in [1.165, 1.54) is 0 Å². The van der Waals surface area contributed by atoms with Gasteiger partial charge in [0.05, 0.1) is 16.6 Å². The monoisotopic (exact) mass is 611 g/mol. The molecule has 3 amide bonds. The summed E-state index contributed by atoms with van der Waals surface area (Å²) >= 11 is 5.43. The van der Waals surface area contributed by atoms with E-state index in [1.54, 1.807) is 45.7 Å². The van der Waals surface area contributed by atoms with Gasteiger partial charge < -0.3 is 19.8 Å². The largest absolute Gasteiger partial charge is 0.396 e. The van der Waals surface area contributed by atoms with Gasteiger partial charge in [0.2, 0.25) is 11.8 Å². The second-order valence-corrected chi connectivity index (χ2v) is 13.3. The van der Waals surface area contributed by atoms with Gasteiger partial charge in [-0.05, 0) is 35.7 Å². The first-order valence-corrected chi connectivity index (χ1v) is 15.1. The van der Waals surface area contributed by atoms with Gasteiger partial charge in [0.1, 0.15) is 6.04 Å². The Balaban J connectivity index is 1.58. The maximum Gasteiger partial charge on any atom is 0.251 e. The van der Waals surface area contributed by atoms with Crippen molar-refractivity contribution in [1.29, 1.82) is 0 Å². The van der Waals surface area contributed by atoms with Crippen molar-refractivity contribution in [2.24, 2.45) is 11.8 Å². The molecule has 2 bridgehead atoms. The van der Waals surface area contributed by atoms with E-state index >= 15 is 0 Å². The number of nitrogens with zero attached hydrogens (tertiary/aromatic N) is 3. The summed E-state index contributed by atoms with van der Waals surface area (Å²) in [5.74, 6) is -1.58. The van der Waals surface area contributed by atoms with Crippen LogP contribution in [0.5, 0.6) is 0 Å². The summed E-state index contributed by atoms with van der Waals surface area (Å²) in [4.78, 5) is 47.4. The number of aliphatic hydroxyl groups excluding tert-OH is 1. The molecule has 0 radical (unpaired) electrons. The maximum atomic E-state index is 14.6. The molecular formula is C30H34BrN3O4S. The highest BCUT2D eigenvalue weighted by Gasteiger charge is 2.75. The average Bonchev–Trinajstić information content (AvgIpc) is 3.52. The molecule has 2 aromatic carbocycles. The molecule has 7 nitrogen and oxygen atoms in total. The van der Waals surface area contributed by atoms with Crippen LogP contribution in [-0.4, -0.2) is 86.8 Å². The number of halogens is 1. The zero-order valence-corrected chi connectivity index (χ0v) is 24.4. The Hall–Kier alpha value is -2.62. The maximum absolute atomic E-state index is 14.6. The number of alkyl halides is 1. The van der Waals surface area contributed by atoms with Gasteiger partial charge in [0.25, 0.3) is 5.91 Å². The zero-order valence-electron chi connectivity index (χ0n) is 22.0. The summed E-state index contributed by atoms with van der Waals surface area (Å²) in [6.07, 6.45) is 4.34. The van der Waals surface area contributed by atoms with Crippen LogP contribution in [-0.2, 0) is 14.4 Å². The first-order valence-electron chi connectivity index (χ1n) is 13.3. The Morgan fingerprint density at radius 2 is 1.87 bits per heavy atom. The summed E-state index contributed by atoms with van der Waals surface area (Å²) in [5.41, 5.74) is 0.735. The molecule has 3 saturated heterocycles. The molecule has 2 aromatic rings. The fourth-order valence-electron chi connectivity index (χ4n) is 6.65. The third kappa shape index (κ3) is 4.52. The van der Waals surface area contributed by atoms with Crippen LogP contribution in [0.4, 0.5) is 5.69 Å². The lowest BCUT2D eigenvalue weighted by Crippen LogP contribution is -2.56. The Morgan fingerprint density at radius 1 is 1.15 bits per heavy atom. The number of carbonyl (C=O) groups is 3. The summed E-state index contributed by atoms with van der Waals surface area (Å²) in [5, 5.41) is 11.6. The van der Waals surface area contributed by atoms with Gasteiger partial charge in [-0.25, -0.2) is 0 Å². The van der Waals surface area contributed by atoms with Crippen molar-refractivity contribution in [1.82, 2.24) is 9.80 Å². The number of amides is 3. The van der Waals surface area contributed by atoms with Crippen molar-refractivity contribution in [2.75, 3.05) is 38.2 Å². The first-order chi connectivity index (χ1) is 18.8. The van der Waals surface area contributed by atoms with Gasteiger partial charge in [-0.2, -0.15) is 0 Å². The van der Waals surface area contributed by atoms with Gasteiger partial charge in [-0.3, -0.25) is 14.4 Å². The van der Waals surface area contributed by atoms with Gasteiger partial charge in [0.15, 0.2) is 0 Å². The second kappa shape index (κ2) is 11.1. The lowest BCUT2D eigenvalue weighted by molar-refractivity contribution is -0.143. The number of aliphatic hydroxyl groups is 1. The highest BCUT2D eigenvalue weighted by molar-refractivity contribution is 9.09. The van der Waals surface area contributed by atoms with Crippen LogP contribution in [0.25, 0.3) is 10.8 Å². The van der Waals surface area contributed by atoms with Crippen LogP contribution in [0.2, 0.25) is 0 Å². The molecule has 5 rings (SSSR count). The molecule has 1 spiro atoms. The van der Waals surface area contributed by atoms with Crippen molar-refractivity contribution in [3.05, 3.63) is 67.8 Å². The quantitative estimate of drug-likeness (QED) is 0.326. The third-order valence-electron chi connectivity index (χ3n) is 8.27. The Morgan fingerprint density at radius 3 is 2.56 bits per heavy atom. The number of rotatable bonds is 10. The number of hydrogen-bond donors (Lipinski definition) is 1. The Labute approximate surface area is 242 Å². The SMILES string of the molecule is C=CCN(C)C(=O)[C@H]1[C@H]2C(=O)N(CCCO)C(C(=O)N(CC=C)c3ccc4ccccc4c3)C23CC(Br)[C@@H]1S3. The minimum Gasteiger partial charge on any atom is -0.396 e. The normalized spacial score (nSPS) is 28.9. The minimum atomic E-state index is -0.759. The minimum absolute atomic E-state index is 0.000698. The number of fused-ring (bicyclic) bond motifs is 2. The predicted molar refractivity (Wildman–Crippen MR) is 160 cm³/mol. The van der Waals surface area contributed by atoms with Crippen molar-refractivity contribution >= 4 is 61.9 Å². The van der Waals surface area contributed by atoms with E-state index in [9.17, 15) is 19.5 Å². The topological polar surface area (TPSA) is 81.2 Å². The molecular weight excluding hydrogens is 578 g/mol.